The van der Waals surface area contributed by atoms with Gasteiger partial charge < -0.3 is 16.0 Å². The van der Waals surface area contributed by atoms with Crippen molar-refractivity contribution >= 4 is 23.2 Å². The summed E-state index contributed by atoms with van der Waals surface area (Å²) in [6.45, 7) is 5.82. The molecule has 1 fully saturated rings. The van der Waals surface area contributed by atoms with E-state index < -0.39 is 0 Å². The Morgan fingerprint density at radius 2 is 2.30 bits per heavy atom. The lowest BCUT2D eigenvalue weighted by Gasteiger charge is -2.27. The van der Waals surface area contributed by atoms with Crippen LogP contribution in [0.3, 0.4) is 0 Å². The molecule has 0 spiro atoms. The molecular formula is C15H22ClN3O. The van der Waals surface area contributed by atoms with Crippen molar-refractivity contribution in [2.45, 2.75) is 45.3 Å². The minimum absolute atomic E-state index is 0.216. The highest BCUT2D eigenvalue weighted by atomic mass is 35.5. The Bertz CT molecular complexity index is 490. The molecule has 0 aromatic heterocycles. The number of nitrogens with one attached hydrogen (secondary N) is 1. The molecule has 1 saturated heterocycles. The normalized spacial score (nSPS) is 18.8. The van der Waals surface area contributed by atoms with Gasteiger partial charge in [0.15, 0.2) is 0 Å². The van der Waals surface area contributed by atoms with Crippen molar-refractivity contribution in [2.75, 3.05) is 11.4 Å². The predicted molar refractivity (Wildman–Crippen MR) is 83.0 cm³/mol. The smallest absolute Gasteiger partial charge is 0.240 e. The number of nitrogens with two attached hydrogens (primary N) is 1. The maximum atomic E-state index is 11.6. The summed E-state index contributed by atoms with van der Waals surface area (Å²) in [7, 11) is 0. The van der Waals surface area contributed by atoms with E-state index in [1.807, 2.05) is 18.2 Å². The maximum Gasteiger partial charge on any atom is 0.240 e. The van der Waals surface area contributed by atoms with E-state index in [2.05, 4.69) is 24.1 Å². The monoisotopic (exact) mass is 295 g/mol. The highest BCUT2D eigenvalue weighted by Gasteiger charge is 2.30. The zero-order chi connectivity index (χ0) is 14.7. The van der Waals surface area contributed by atoms with Gasteiger partial charge in [0.1, 0.15) is 6.04 Å². The fraction of sp³-hybridized carbons (Fsp3) is 0.533. The van der Waals surface area contributed by atoms with Gasteiger partial charge in [-0.15, -0.1) is 0 Å². The van der Waals surface area contributed by atoms with E-state index in [-0.39, 0.29) is 11.9 Å². The summed E-state index contributed by atoms with van der Waals surface area (Å²) in [5.41, 5.74) is 7.68. The van der Waals surface area contributed by atoms with Crippen LogP contribution < -0.4 is 16.0 Å². The van der Waals surface area contributed by atoms with E-state index in [1.54, 1.807) is 0 Å². The lowest BCUT2D eigenvalue weighted by atomic mass is 10.1. The van der Waals surface area contributed by atoms with Crippen molar-refractivity contribution in [3.8, 4) is 0 Å². The van der Waals surface area contributed by atoms with Gasteiger partial charge in [-0.2, -0.15) is 0 Å². The Kier molecular flexibility index (Phi) is 4.89. The molecule has 5 heteroatoms. The molecule has 3 N–H and O–H groups in total. The summed E-state index contributed by atoms with van der Waals surface area (Å²) in [4.78, 5) is 13.7. The lowest BCUT2D eigenvalue weighted by Crippen LogP contribution is -2.41. The van der Waals surface area contributed by atoms with Crippen LogP contribution in [0.5, 0.6) is 0 Å². The molecule has 1 aromatic carbocycles. The van der Waals surface area contributed by atoms with Crippen molar-refractivity contribution in [2.24, 2.45) is 5.73 Å². The second kappa shape index (κ2) is 6.46. The van der Waals surface area contributed by atoms with Crippen molar-refractivity contribution < 1.29 is 4.79 Å². The first-order valence-electron chi connectivity index (χ1n) is 7.07. The molecule has 1 heterocycles. The third kappa shape index (κ3) is 3.44. The molecule has 1 aliphatic rings. The third-order valence-corrected chi connectivity index (χ3v) is 3.87. The molecule has 110 valence electrons. The number of hydrogen-bond donors (Lipinski definition) is 2. The molecular weight excluding hydrogens is 274 g/mol. The Morgan fingerprint density at radius 1 is 1.55 bits per heavy atom. The molecule has 0 saturated carbocycles. The molecule has 2 rings (SSSR count). The Hall–Kier alpha value is -1.26. The number of carbonyl (C=O) groups is 1. The second-order valence-corrected chi connectivity index (χ2v) is 6.00. The number of anilines is 1. The van der Waals surface area contributed by atoms with E-state index in [9.17, 15) is 4.79 Å². The molecule has 1 aromatic rings. The van der Waals surface area contributed by atoms with Gasteiger partial charge in [-0.3, -0.25) is 4.79 Å². The minimum Gasteiger partial charge on any atom is -0.368 e. The second-order valence-electron chi connectivity index (χ2n) is 5.56. The van der Waals surface area contributed by atoms with E-state index >= 15 is 0 Å². The molecule has 0 bridgehead atoms. The SMILES string of the molecule is CC(C)NCc1ccc(Cl)cc1N1CCCC1C(N)=O. The quantitative estimate of drug-likeness (QED) is 0.876. The summed E-state index contributed by atoms with van der Waals surface area (Å²) in [6.07, 6.45) is 1.80. The number of primary amides is 1. The average Bonchev–Trinajstić information content (AvgIpc) is 2.86. The number of hydrogen-bond acceptors (Lipinski definition) is 3. The fourth-order valence-electron chi connectivity index (χ4n) is 2.62. The van der Waals surface area contributed by atoms with Crippen LogP contribution in [0.4, 0.5) is 5.69 Å². The number of amides is 1. The van der Waals surface area contributed by atoms with Gasteiger partial charge >= 0.3 is 0 Å². The van der Waals surface area contributed by atoms with Crippen LogP contribution in [0.1, 0.15) is 32.3 Å². The number of nitrogens with zero attached hydrogens (tertiary/aromatic N) is 1. The van der Waals surface area contributed by atoms with Gasteiger partial charge in [0.25, 0.3) is 0 Å². The van der Waals surface area contributed by atoms with Crippen LogP contribution in [0.2, 0.25) is 5.02 Å². The summed E-state index contributed by atoms with van der Waals surface area (Å²) >= 11 is 6.12. The topological polar surface area (TPSA) is 58.4 Å². The highest BCUT2D eigenvalue weighted by molar-refractivity contribution is 6.30. The van der Waals surface area contributed by atoms with Crippen molar-refractivity contribution in [1.29, 1.82) is 0 Å². The molecule has 1 amide bonds. The van der Waals surface area contributed by atoms with Crippen LogP contribution >= 0.6 is 11.6 Å². The summed E-state index contributed by atoms with van der Waals surface area (Å²) in [6, 6.07) is 6.02. The van der Waals surface area contributed by atoms with Crippen LogP contribution in [0.15, 0.2) is 18.2 Å². The first-order valence-corrected chi connectivity index (χ1v) is 7.44. The third-order valence-electron chi connectivity index (χ3n) is 3.64. The van der Waals surface area contributed by atoms with Gasteiger partial charge in [0.2, 0.25) is 5.91 Å². The zero-order valence-electron chi connectivity index (χ0n) is 12.0. The van der Waals surface area contributed by atoms with Gasteiger partial charge in [0, 0.05) is 29.8 Å². The molecule has 0 aliphatic carbocycles. The van der Waals surface area contributed by atoms with Crippen molar-refractivity contribution in [3.05, 3.63) is 28.8 Å². The van der Waals surface area contributed by atoms with Gasteiger partial charge in [-0.1, -0.05) is 31.5 Å². The van der Waals surface area contributed by atoms with Crippen LogP contribution in [0.25, 0.3) is 0 Å². The largest absolute Gasteiger partial charge is 0.368 e. The zero-order valence-corrected chi connectivity index (χ0v) is 12.8. The molecule has 20 heavy (non-hydrogen) atoms. The van der Waals surface area contributed by atoms with E-state index in [1.165, 1.54) is 0 Å². The Balaban J connectivity index is 2.28. The molecule has 0 radical (unpaired) electrons. The van der Waals surface area contributed by atoms with Crippen LogP contribution in [0, 0.1) is 0 Å². The maximum absolute atomic E-state index is 11.6. The number of halogens is 1. The summed E-state index contributed by atoms with van der Waals surface area (Å²) in [5, 5.41) is 4.09. The van der Waals surface area contributed by atoms with Gasteiger partial charge in [0.05, 0.1) is 0 Å². The molecule has 1 aliphatic heterocycles. The molecule has 1 atom stereocenters. The number of rotatable bonds is 5. The number of carbonyl (C=O) groups excluding carboxylic acids is 1. The Morgan fingerprint density at radius 3 is 2.95 bits per heavy atom. The minimum atomic E-state index is -0.259. The summed E-state index contributed by atoms with van der Waals surface area (Å²) < 4.78 is 0. The molecule has 4 nitrogen and oxygen atoms in total. The van der Waals surface area contributed by atoms with Crippen molar-refractivity contribution in [1.82, 2.24) is 5.32 Å². The number of benzene rings is 1. The summed E-state index contributed by atoms with van der Waals surface area (Å²) in [5.74, 6) is -0.259. The van der Waals surface area contributed by atoms with E-state index in [4.69, 9.17) is 17.3 Å². The van der Waals surface area contributed by atoms with E-state index in [0.29, 0.717) is 11.1 Å². The van der Waals surface area contributed by atoms with E-state index in [0.717, 1.165) is 37.2 Å². The first kappa shape index (κ1) is 15.1. The van der Waals surface area contributed by atoms with Crippen LogP contribution in [-0.4, -0.2) is 24.5 Å². The first-order chi connectivity index (χ1) is 9.49. The van der Waals surface area contributed by atoms with Gasteiger partial charge in [-0.05, 0) is 30.5 Å². The highest BCUT2D eigenvalue weighted by Crippen LogP contribution is 2.31. The lowest BCUT2D eigenvalue weighted by molar-refractivity contribution is -0.119. The van der Waals surface area contributed by atoms with Gasteiger partial charge in [-0.25, -0.2) is 0 Å². The predicted octanol–water partition coefficient (Wildman–Crippen LogP) is 2.29. The fourth-order valence-corrected chi connectivity index (χ4v) is 2.79. The van der Waals surface area contributed by atoms with Crippen LogP contribution in [-0.2, 0) is 11.3 Å². The Labute approximate surface area is 125 Å². The van der Waals surface area contributed by atoms with Crippen molar-refractivity contribution in [3.63, 3.8) is 0 Å². The standard InChI is InChI=1S/C15H22ClN3O/c1-10(2)18-9-11-5-6-12(16)8-14(11)19-7-3-4-13(19)15(17)20/h5-6,8,10,13,18H,3-4,7,9H2,1-2H3,(H2,17,20). The molecule has 1 unspecified atom stereocenters. The average molecular weight is 296 g/mol.